The van der Waals surface area contributed by atoms with Gasteiger partial charge in [-0.05, 0) is 329 Å². The van der Waals surface area contributed by atoms with Crippen LogP contribution in [0.1, 0.15) is 122 Å². The number of aryl methyl sites for hydroxylation is 12. The van der Waals surface area contributed by atoms with E-state index in [1.165, 1.54) is 188 Å². The van der Waals surface area contributed by atoms with Crippen molar-refractivity contribution in [3.8, 4) is 22.3 Å². The largest absolute Gasteiger partial charge is 0.455 e. The van der Waals surface area contributed by atoms with Gasteiger partial charge in [0.05, 0.1) is 0 Å². The molecule has 0 unspecified atom stereocenters. The Labute approximate surface area is 354 Å². The Morgan fingerprint density at radius 2 is 0.356 bits per heavy atom. The summed E-state index contributed by atoms with van der Waals surface area (Å²) in [5.41, 5.74) is 37.8. The lowest BCUT2D eigenvalue weighted by Gasteiger charge is -2.30. The molecule has 0 atom stereocenters. The highest BCUT2D eigenvalue weighted by Gasteiger charge is 2.31. The van der Waals surface area contributed by atoms with Crippen molar-refractivity contribution in [1.82, 2.24) is 0 Å². The minimum Gasteiger partial charge on any atom is -0.455 e. The van der Waals surface area contributed by atoms with Gasteiger partial charge in [0.15, 0.2) is 0 Å². The van der Waals surface area contributed by atoms with E-state index in [0.29, 0.717) is 0 Å². The highest BCUT2D eigenvalue weighted by molar-refractivity contribution is 6.28. The molecule has 0 spiro atoms. The van der Waals surface area contributed by atoms with Gasteiger partial charge in [-0.25, -0.2) is 0 Å². The maximum Gasteiger partial charge on any atom is 0.138 e. The van der Waals surface area contributed by atoms with E-state index in [0.717, 1.165) is 11.2 Å². The fourth-order valence-corrected chi connectivity index (χ4v) is 11.8. The van der Waals surface area contributed by atoms with E-state index in [2.05, 4.69) is 152 Å². The monoisotopic (exact) mass is 779 g/mol. The molecule has 59 heavy (non-hydrogen) atoms. The van der Waals surface area contributed by atoms with Crippen molar-refractivity contribution >= 4 is 54.3 Å². The number of hydrogen-bond acceptors (Lipinski definition) is 1. The van der Waals surface area contributed by atoms with Crippen molar-refractivity contribution in [1.29, 1.82) is 0 Å². The predicted octanol–water partition coefficient (Wildman–Crippen LogP) is 17.2. The first-order valence-corrected chi connectivity index (χ1v) is 21.9. The topological polar surface area (TPSA) is 13.1 Å². The summed E-state index contributed by atoms with van der Waals surface area (Å²) in [6.45, 7) is 51.7. The standard InChI is InChI=1S/C58H66O/c1-23-24(2)32(10)46-43(21)47(39(17)38(16)45(46)31(23)9)55-49-33(11)25(3)27(5)35(13)51(49)56(52-36(14)28(6)26(4)34(12)50(52)55)48-40(18)42(20)58-54(44(48)22)53-37(15)29(7)30(8)41(19)57(53)59-58/h1-22H3. The van der Waals surface area contributed by atoms with E-state index in [-0.39, 0.29) is 0 Å². The van der Waals surface area contributed by atoms with Crippen LogP contribution in [0.2, 0.25) is 0 Å². The number of furan rings is 1. The van der Waals surface area contributed by atoms with Crippen LogP contribution < -0.4 is 0 Å². The molecular formula is C58H66O. The van der Waals surface area contributed by atoms with E-state index in [9.17, 15) is 0 Å². The fraction of sp³-hybridized carbons (Fsp3) is 0.379. The molecule has 1 heteroatoms. The number of hydrogen-bond donors (Lipinski definition) is 0. The zero-order chi connectivity index (χ0) is 43.5. The quantitative estimate of drug-likeness (QED) is 0.159. The Kier molecular flexibility index (Phi) is 9.22. The summed E-state index contributed by atoms with van der Waals surface area (Å²) in [5, 5.41) is 11.1. The summed E-state index contributed by atoms with van der Waals surface area (Å²) in [6, 6.07) is 0. The average Bonchev–Trinajstić information content (AvgIpc) is 3.62. The van der Waals surface area contributed by atoms with Crippen molar-refractivity contribution in [2.75, 3.05) is 0 Å². The van der Waals surface area contributed by atoms with Gasteiger partial charge in [0.1, 0.15) is 11.2 Å². The second kappa shape index (κ2) is 13.3. The predicted molar refractivity (Wildman–Crippen MR) is 261 cm³/mol. The third-order valence-corrected chi connectivity index (χ3v) is 17.0. The number of rotatable bonds is 2. The van der Waals surface area contributed by atoms with Crippen LogP contribution in [0.3, 0.4) is 0 Å². The van der Waals surface area contributed by atoms with E-state index in [4.69, 9.17) is 4.42 Å². The SMILES string of the molecule is Cc1c(C)c(C)c2c(oc3c(C)c(C)c(-c4c5c(C)c(C)c(C)c(C)c5c(-c5c(C)c(C)c6c(C)c(C)c(C)c(C)c6c5C)c5c(C)c(C)c(C)c(C)c45)c(C)c32)c1C. The molecule has 304 valence electrons. The van der Waals surface area contributed by atoms with Crippen LogP contribution in [0.25, 0.3) is 76.5 Å². The van der Waals surface area contributed by atoms with Gasteiger partial charge in [-0.2, -0.15) is 0 Å². The molecule has 0 aliphatic carbocycles. The lowest BCUT2D eigenvalue weighted by molar-refractivity contribution is 0.661. The Morgan fingerprint density at radius 1 is 0.153 bits per heavy atom. The summed E-state index contributed by atoms with van der Waals surface area (Å²) in [5.74, 6) is 0. The molecular weight excluding hydrogens is 713 g/mol. The molecule has 0 fully saturated rings. The normalized spacial score (nSPS) is 12.2. The number of benzene rings is 7. The Bertz CT molecular complexity index is 3210. The van der Waals surface area contributed by atoms with Gasteiger partial charge >= 0.3 is 0 Å². The minimum atomic E-state index is 1.04. The fourth-order valence-electron chi connectivity index (χ4n) is 11.8. The first-order valence-electron chi connectivity index (χ1n) is 21.9. The van der Waals surface area contributed by atoms with Gasteiger partial charge in [0.25, 0.3) is 0 Å². The van der Waals surface area contributed by atoms with Crippen LogP contribution in [0.4, 0.5) is 0 Å². The molecule has 1 nitrogen and oxygen atoms in total. The van der Waals surface area contributed by atoms with E-state index in [1.54, 1.807) is 0 Å². The van der Waals surface area contributed by atoms with E-state index >= 15 is 0 Å². The highest BCUT2D eigenvalue weighted by atomic mass is 16.3. The van der Waals surface area contributed by atoms with Crippen LogP contribution >= 0.6 is 0 Å². The Morgan fingerprint density at radius 3 is 0.712 bits per heavy atom. The van der Waals surface area contributed by atoms with Crippen LogP contribution in [0.15, 0.2) is 4.42 Å². The molecule has 0 radical (unpaired) electrons. The molecule has 0 saturated heterocycles. The molecule has 0 aliphatic rings. The zero-order valence-corrected chi connectivity index (χ0v) is 40.4. The van der Waals surface area contributed by atoms with Crippen LogP contribution in [-0.2, 0) is 0 Å². The third kappa shape index (κ3) is 4.97. The maximum atomic E-state index is 7.00. The summed E-state index contributed by atoms with van der Waals surface area (Å²) in [4.78, 5) is 0. The first-order chi connectivity index (χ1) is 27.5. The molecule has 8 aromatic rings. The van der Waals surface area contributed by atoms with Crippen molar-refractivity contribution < 1.29 is 4.42 Å². The van der Waals surface area contributed by atoms with Crippen molar-refractivity contribution in [2.24, 2.45) is 0 Å². The van der Waals surface area contributed by atoms with Crippen LogP contribution in [-0.4, -0.2) is 0 Å². The molecule has 0 amide bonds. The molecule has 0 bridgehead atoms. The molecule has 8 rings (SSSR count). The Hall–Kier alpha value is -4.88. The molecule has 0 saturated carbocycles. The van der Waals surface area contributed by atoms with Gasteiger partial charge in [-0.3, -0.25) is 0 Å². The lowest BCUT2D eigenvalue weighted by Crippen LogP contribution is -2.07. The van der Waals surface area contributed by atoms with Gasteiger partial charge < -0.3 is 4.42 Å². The molecule has 1 heterocycles. The highest BCUT2D eigenvalue weighted by Crippen LogP contribution is 2.55. The summed E-state index contributed by atoms with van der Waals surface area (Å²) < 4.78 is 7.00. The van der Waals surface area contributed by atoms with Gasteiger partial charge in [-0.15, -0.1) is 0 Å². The summed E-state index contributed by atoms with van der Waals surface area (Å²) in [7, 11) is 0. The van der Waals surface area contributed by atoms with Crippen LogP contribution in [0, 0.1) is 152 Å². The van der Waals surface area contributed by atoms with E-state index < -0.39 is 0 Å². The van der Waals surface area contributed by atoms with Crippen molar-refractivity contribution in [3.05, 3.63) is 122 Å². The summed E-state index contributed by atoms with van der Waals surface area (Å²) >= 11 is 0. The lowest BCUT2D eigenvalue weighted by atomic mass is 9.73. The summed E-state index contributed by atoms with van der Waals surface area (Å²) in [6.07, 6.45) is 0. The van der Waals surface area contributed by atoms with Gasteiger partial charge in [-0.1, -0.05) is 0 Å². The zero-order valence-electron chi connectivity index (χ0n) is 40.4. The second-order valence-electron chi connectivity index (χ2n) is 19.0. The van der Waals surface area contributed by atoms with Crippen molar-refractivity contribution in [3.63, 3.8) is 0 Å². The average molecular weight is 779 g/mol. The van der Waals surface area contributed by atoms with Crippen molar-refractivity contribution in [2.45, 2.75) is 152 Å². The first kappa shape index (κ1) is 40.9. The number of fused-ring (bicyclic) bond motifs is 6. The van der Waals surface area contributed by atoms with Gasteiger partial charge in [0.2, 0.25) is 0 Å². The molecule has 0 aliphatic heterocycles. The van der Waals surface area contributed by atoms with E-state index in [1.807, 2.05) is 0 Å². The molecule has 7 aromatic carbocycles. The van der Waals surface area contributed by atoms with Gasteiger partial charge in [0, 0.05) is 10.8 Å². The molecule has 0 N–H and O–H groups in total. The maximum absolute atomic E-state index is 7.00. The minimum absolute atomic E-state index is 1.04. The smallest absolute Gasteiger partial charge is 0.138 e. The molecule has 1 aromatic heterocycles. The third-order valence-electron chi connectivity index (χ3n) is 17.0. The van der Waals surface area contributed by atoms with Crippen LogP contribution in [0.5, 0.6) is 0 Å². The second-order valence-corrected chi connectivity index (χ2v) is 19.0. The Balaban J connectivity index is 1.76.